The minimum absolute atomic E-state index is 0.611. The molecule has 1 aliphatic rings. The summed E-state index contributed by atoms with van der Waals surface area (Å²) in [5.74, 6) is 0. The van der Waals surface area contributed by atoms with Gasteiger partial charge in [-0.05, 0) is 7.05 Å². The first-order chi connectivity index (χ1) is 3.43. The molecule has 1 atom stereocenters. The Morgan fingerprint density at radius 1 is 1.86 bits per heavy atom. The molecule has 1 N–H and O–H groups in total. The molecule has 0 aromatic heterocycles. The van der Waals surface area contributed by atoms with Crippen molar-refractivity contribution in [2.75, 3.05) is 7.05 Å². The van der Waals surface area contributed by atoms with Crippen LogP contribution in [0.2, 0.25) is 0 Å². The lowest BCUT2D eigenvalue weighted by Gasteiger charge is -1.95. The molecule has 1 rings (SSSR count). The van der Waals surface area contributed by atoms with Gasteiger partial charge in [-0.3, -0.25) is 0 Å². The van der Waals surface area contributed by atoms with Crippen molar-refractivity contribution >= 4 is 0 Å². The van der Waals surface area contributed by atoms with Crippen LogP contribution in [-0.4, -0.2) is 13.1 Å². The van der Waals surface area contributed by atoms with Crippen molar-refractivity contribution in [3.63, 3.8) is 0 Å². The van der Waals surface area contributed by atoms with Crippen molar-refractivity contribution in [3.05, 3.63) is 12.2 Å². The topological polar surface area (TPSA) is 12.0 Å². The van der Waals surface area contributed by atoms with Crippen LogP contribution in [0.5, 0.6) is 0 Å². The van der Waals surface area contributed by atoms with Crippen molar-refractivity contribution < 1.29 is 0 Å². The summed E-state index contributed by atoms with van der Waals surface area (Å²) in [7, 11) is 1.98. The first-order valence-corrected chi connectivity index (χ1v) is 2.67. The Hall–Kier alpha value is -0.390. The smallest absolute Gasteiger partial charge is 0.219 e. The third-order valence-electron chi connectivity index (χ3n) is 1.29. The number of nitrogens with one attached hydrogen (secondary N) is 1. The molecule has 0 radical (unpaired) electrons. The third-order valence-corrected chi connectivity index (χ3v) is 1.29. The Labute approximate surface area is 44.4 Å². The summed E-state index contributed by atoms with van der Waals surface area (Å²) in [4.78, 5) is 0. The molecule has 1 heteroatoms. The highest BCUT2D eigenvalue weighted by Crippen LogP contribution is 2.05. The highest BCUT2D eigenvalue weighted by molar-refractivity contribution is 4.94. The molecule has 38 valence electrons. The van der Waals surface area contributed by atoms with E-state index < -0.39 is 0 Å². The van der Waals surface area contributed by atoms with E-state index in [0.717, 1.165) is 6.42 Å². The first-order valence-electron chi connectivity index (χ1n) is 2.67. The highest BCUT2D eigenvalue weighted by atomic mass is 14.9. The monoisotopic (exact) mass is 96.1 g/mol. The van der Waals surface area contributed by atoms with Gasteiger partial charge in [0.2, 0.25) is 6.08 Å². The van der Waals surface area contributed by atoms with Crippen LogP contribution in [0.4, 0.5) is 0 Å². The Balaban J connectivity index is 2.28. The van der Waals surface area contributed by atoms with Crippen molar-refractivity contribution in [1.82, 2.24) is 5.32 Å². The lowest BCUT2D eigenvalue weighted by molar-refractivity contribution is 0.651. The Morgan fingerprint density at radius 2 is 2.71 bits per heavy atom. The molecule has 7 heavy (non-hydrogen) atoms. The Bertz CT molecular complexity index is 76.2. The fourth-order valence-electron chi connectivity index (χ4n) is 0.775. The van der Waals surface area contributed by atoms with Gasteiger partial charge in [-0.15, -0.1) is 0 Å². The normalized spacial score (nSPS) is 27.9. The van der Waals surface area contributed by atoms with Gasteiger partial charge >= 0.3 is 0 Å². The minimum atomic E-state index is 0.611. The highest BCUT2D eigenvalue weighted by Gasteiger charge is 2.15. The van der Waals surface area contributed by atoms with E-state index in [0.29, 0.717) is 6.04 Å². The van der Waals surface area contributed by atoms with Crippen molar-refractivity contribution in [1.29, 1.82) is 0 Å². The second-order valence-corrected chi connectivity index (χ2v) is 1.80. The molecule has 0 aromatic rings. The van der Waals surface area contributed by atoms with E-state index >= 15 is 0 Å². The zero-order chi connectivity index (χ0) is 5.11. The second-order valence-electron chi connectivity index (χ2n) is 1.80. The van der Waals surface area contributed by atoms with Crippen LogP contribution in [0, 0.1) is 6.08 Å². The van der Waals surface area contributed by atoms with Crippen molar-refractivity contribution in [3.8, 4) is 0 Å². The van der Waals surface area contributed by atoms with Crippen molar-refractivity contribution in [2.24, 2.45) is 0 Å². The Kier molecular flexibility index (Phi) is 1.40. The van der Waals surface area contributed by atoms with Gasteiger partial charge in [0.25, 0.3) is 0 Å². The maximum atomic E-state index is 3.15. The number of hydrogen-bond donors (Lipinski definition) is 1. The Morgan fingerprint density at radius 3 is 3.00 bits per heavy atom. The van der Waals surface area contributed by atoms with Crippen LogP contribution < -0.4 is 5.32 Å². The molecule has 0 saturated carbocycles. The molecule has 0 fully saturated rings. The standard InChI is InChI=1S/C6H10N/c1-7-6-4-2-3-5-6/h5-7H,2,4H2,1H3/q+1. The number of rotatable bonds is 1. The van der Waals surface area contributed by atoms with Gasteiger partial charge in [0.1, 0.15) is 0 Å². The van der Waals surface area contributed by atoms with Gasteiger partial charge in [-0.2, -0.15) is 0 Å². The second kappa shape index (κ2) is 2.06. The fraction of sp³-hybridized carbons (Fsp3) is 0.667. The molecule has 0 spiro atoms. The van der Waals surface area contributed by atoms with Crippen LogP contribution in [0.25, 0.3) is 0 Å². The van der Waals surface area contributed by atoms with Gasteiger partial charge in [-0.25, -0.2) is 0 Å². The van der Waals surface area contributed by atoms with E-state index in [1.54, 1.807) is 0 Å². The SMILES string of the molecule is CNC1C=[C+]CC1. The third kappa shape index (κ3) is 0.986. The number of likely N-dealkylation sites (N-methyl/N-ethyl adjacent to an activating group) is 1. The molecule has 0 heterocycles. The predicted octanol–water partition coefficient (Wildman–Crippen LogP) is 0.728. The molecule has 0 saturated heterocycles. The zero-order valence-corrected chi connectivity index (χ0v) is 4.57. The molecule has 1 aliphatic carbocycles. The van der Waals surface area contributed by atoms with Crippen LogP contribution in [-0.2, 0) is 0 Å². The zero-order valence-electron chi connectivity index (χ0n) is 4.57. The maximum absolute atomic E-state index is 3.15. The summed E-state index contributed by atoms with van der Waals surface area (Å²) in [6.07, 6.45) is 7.60. The van der Waals surface area contributed by atoms with Crippen LogP contribution in [0.15, 0.2) is 6.08 Å². The van der Waals surface area contributed by atoms with Gasteiger partial charge in [0.05, 0.1) is 6.04 Å². The van der Waals surface area contributed by atoms with Gasteiger partial charge < -0.3 is 5.32 Å². The summed E-state index contributed by atoms with van der Waals surface area (Å²) in [6.45, 7) is 0. The fourth-order valence-corrected chi connectivity index (χ4v) is 0.775. The van der Waals surface area contributed by atoms with E-state index in [2.05, 4.69) is 17.5 Å². The number of allylic oxidation sites excluding steroid dienone is 1. The van der Waals surface area contributed by atoms with Crippen LogP contribution in [0.3, 0.4) is 0 Å². The van der Waals surface area contributed by atoms with E-state index in [1.165, 1.54) is 6.42 Å². The predicted molar refractivity (Wildman–Crippen MR) is 29.9 cm³/mol. The molecule has 0 aliphatic heterocycles. The van der Waals surface area contributed by atoms with E-state index in [1.807, 2.05) is 7.05 Å². The molecular formula is C6H10N+. The molecule has 1 unspecified atom stereocenters. The average Bonchev–Trinajstić information content (AvgIpc) is 2.14. The molecule has 0 amide bonds. The average molecular weight is 96.2 g/mol. The lowest BCUT2D eigenvalue weighted by atomic mass is 10.3. The minimum Gasteiger partial charge on any atom is -0.310 e. The summed E-state index contributed by atoms with van der Waals surface area (Å²) in [5.41, 5.74) is 0. The lowest BCUT2D eigenvalue weighted by Crippen LogP contribution is -2.19. The van der Waals surface area contributed by atoms with E-state index in [-0.39, 0.29) is 0 Å². The van der Waals surface area contributed by atoms with Gasteiger partial charge in [-0.1, -0.05) is 0 Å². The first kappa shape index (κ1) is 4.76. The van der Waals surface area contributed by atoms with Crippen molar-refractivity contribution in [2.45, 2.75) is 18.9 Å². The van der Waals surface area contributed by atoms with E-state index in [4.69, 9.17) is 0 Å². The van der Waals surface area contributed by atoms with Gasteiger partial charge in [0, 0.05) is 6.42 Å². The molecule has 0 bridgehead atoms. The van der Waals surface area contributed by atoms with Gasteiger partial charge in [0.15, 0.2) is 12.5 Å². The quantitative estimate of drug-likeness (QED) is 0.474. The largest absolute Gasteiger partial charge is 0.310 e. The maximum Gasteiger partial charge on any atom is 0.219 e. The van der Waals surface area contributed by atoms with Crippen LogP contribution >= 0.6 is 0 Å². The summed E-state index contributed by atoms with van der Waals surface area (Å²) >= 11 is 0. The molecule has 0 aromatic carbocycles. The summed E-state index contributed by atoms with van der Waals surface area (Å²) in [5, 5.41) is 3.15. The summed E-state index contributed by atoms with van der Waals surface area (Å²) in [6, 6.07) is 0.611. The van der Waals surface area contributed by atoms with Crippen LogP contribution in [0.1, 0.15) is 12.8 Å². The molecular weight excluding hydrogens is 86.1 g/mol. The summed E-state index contributed by atoms with van der Waals surface area (Å²) < 4.78 is 0. The van der Waals surface area contributed by atoms with E-state index in [9.17, 15) is 0 Å². The number of hydrogen-bond acceptors (Lipinski definition) is 1. The molecule has 1 nitrogen and oxygen atoms in total.